The predicted octanol–water partition coefficient (Wildman–Crippen LogP) is 4.76. The first-order valence-corrected chi connectivity index (χ1v) is 8.44. The normalized spacial score (nSPS) is 18.2. The Hall–Kier alpha value is -3.21. The van der Waals surface area contributed by atoms with Crippen LogP contribution in [0.1, 0.15) is 17.9 Å². The molecule has 130 valence electrons. The molecule has 1 heterocycles. The Bertz CT molecular complexity index is 930. The highest BCUT2D eigenvalue weighted by Gasteiger charge is 2.44. The number of benzene rings is 2. The third-order valence-corrected chi connectivity index (χ3v) is 4.41. The maximum absolute atomic E-state index is 13.3. The van der Waals surface area contributed by atoms with Crippen LogP contribution in [0.4, 0.5) is 10.1 Å². The number of halogens is 1. The van der Waals surface area contributed by atoms with Crippen molar-refractivity contribution in [1.82, 2.24) is 4.98 Å². The summed E-state index contributed by atoms with van der Waals surface area (Å²) in [5.74, 6) is 0.577. The van der Waals surface area contributed by atoms with Gasteiger partial charge in [0.2, 0.25) is 5.91 Å². The SMILES string of the molecule is O=C(Nc1ccccc1Oc1cccc(F)c1)C1CC1c1cccnc1. The quantitative estimate of drug-likeness (QED) is 0.723. The number of carbonyl (C=O) groups is 1. The number of carbonyl (C=O) groups excluding carboxylic acids is 1. The number of ether oxygens (including phenoxy) is 1. The molecule has 3 aromatic rings. The van der Waals surface area contributed by atoms with Crippen LogP contribution in [0.2, 0.25) is 0 Å². The third kappa shape index (κ3) is 3.57. The van der Waals surface area contributed by atoms with E-state index in [0.29, 0.717) is 17.2 Å². The van der Waals surface area contributed by atoms with E-state index in [1.54, 1.807) is 42.7 Å². The summed E-state index contributed by atoms with van der Waals surface area (Å²) in [7, 11) is 0. The molecule has 26 heavy (non-hydrogen) atoms. The van der Waals surface area contributed by atoms with Gasteiger partial charge in [0.25, 0.3) is 0 Å². The van der Waals surface area contributed by atoms with Gasteiger partial charge in [-0.1, -0.05) is 24.3 Å². The van der Waals surface area contributed by atoms with Crippen molar-refractivity contribution in [3.63, 3.8) is 0 Å². The zero-order chi connectivity index (χ0) is 17.9. The minimum atomic E-state index is -0.374. The van der Waals surface area contributed by atoms with Crippen LogP contribution in [-0.2, 0) is 4.79 Å². The van der Waals surface area contributed by atoms with Crippen molar-refractivity contribution in [2.75, 3.05) is 5.32 Å². The highest BCUT2D eigenvalue weighted by molar-refractivity contribution is 5.96. The van der Waals surface area contributed by atoms with Gasteiger partial charge in [-0.25, -0.2) is 4.39 Å². The molecule has 5 heteroatoms. The minimum absolute atomic E-state index is 0.0471. The Morgan fingerprint density at radius 2 is 2.00 bits per heavy atom. The summed E-state index contributed by atoms with van der Waals surface area (Å²) in [4.78, 5) is 16.7. The molecule has 1 aromatic heterocycles. The van der Waals surface area contributed by atoms with E-state index >= 15 is 0 Å². The number of aromatic nitrogens is 1. The summed E-state index contributed by atoms with van der Waals surface area (Å²) >= 11 is 0. The van der Waals surface area contributed by atoms with Gasteiger partial charge >= 0.3 is 0 Å². The molecule has 4 nitrogen and oxygen atoms in total. The molecular weight excluding hydrogens is 331 g/mol. The molecule has 2 atom stereocenters. The highest BCUT2D eigenvalue weighted by atomic mass is 19.1. The number of pyridine rings is 1. The lowest BCUT2D eigenvalue weighted by Crippen LogP contribution is -2.15. The van der Waals surface area contributed by atoms with Crippen LogP contribution in [0.25, 0.3) is 0 Å². The number of para-hydroxylation sites is 2. The van der Waals surface area contributed by atoms with Gasteiger partial charge in [-0.15, -0.1) is 0 Å². The van der Waals surface area contributed by atoms with Gasteiger partial charge in [-0.05, 0) is 48.2 Å². The van der Waals surface area contributed by atoms with Crippen molar-refractivity contribution < 1.29 is 13.9 Å². The molecule has 1 aliphatic carbocycles. The lowest BCUT2D eigenvalue weighted by molar-refractivity contribution is -0.117. The number of hydrogen-bond donors (Lipinski definition) is 1. The predicted molar refractivity (Wildman–Crippen MR) is 96.6 cm³/mol. The van der Waals surface area contributed by atoms with E-state index in [-0.39, 0.29) is 23.6 Å². The van der Waals surface area contributed by atoms with E-state index in [1.807, 2.05) is 18.2 Å². The van der Waals surface area contributed by atoms with Gasteiger partial charge in [-0.2, -0.15) is 0 Å². The standard InChI is InChI=1S/C21H17FN2O2/c22-15-6-3-7-16(11-15)26-20-9-2-1-8-19(20)24-21(25)18-12-17(18)14-5-4-10-23-13-14/h1-11,13,17-18H,12H2,(H,24,25). The Balaban J connectivity index is 1.46. The summed E-state index contributed by atoms with van der Waals surface area (Å²) < 4.78 is 19.1. The molecule has 2 aromatic carbocycles. The number of rotatable bonds is 5. The topological polar surface area (TPSA) is 51.2 Å². The molecule has 0 spiro atoms. The van der Waals surface area contributed by atoms with Gasteiger partial charge in [-0.3, -0.25) is 9.78 Å². The maximum atomic E-state index is 13.3. The van der Waals surface area contributed by atoms with Gasteiger partial charge in [0.1, 0.15) is 11.6 Å². The smallest absolute Gasteiger partial charge is 0.228 e. The molecule has 1 amide bonds. The minimum Gasteiger partial charge on any atom is -0.455 e. The third-order valence-electron chi connectivity index (χ3n) is 4.41. The molecular formula is C21H17FN2O2. The van der Waals surface area contributed by atoms with Crippen LogP contribution >= 0.6 is 0 Å². The van der Waals surface area contributed by atoms with E-state index in [0.717, 1.165) is 12.0 Å². The monoisotopic (exact) mass is 348 g/mol. The van der Waals surface area contributed by atoms with E-state index in [2.05, 4.69) is 10.3 Å². The molecule has 2 unspecified atom stereocenters. The van der Waals surface area contributed by atoms with Crippen LogP contribution < -0.4 is 10.1 Å². The fraction of sp³-hybridized carbons (Fsp3) is 0.143. The zero-order valence-corrected chi connectivity index (χ0v) is 13.9. The average molecular weight is 348 g/mol. The summed E-state index contributed by atoms with van der Waals surface area (Å²) in [6.45, 7) is 0. The van der Waals surface area contributed by atoms with Gasteiger partial charge < -0.3 is 10.1 Å². The van der Waals surface area contributed by atoms with Crippen molar-refractivity contribution >= 4 is 11.6 Å². The largest absolute Gasteiger partial charge is 0.455 e. The first-order chi connectivity index (χ1) is 12.7. The van der Waals surface area contributed by atoms with Crippen molar-refractivity contribution in [3.8, 4) is 11.5 Å². The van der Waals surface area contributed by atoms with Gasteiger partial charge in [0.05, 0.1) is 5.69 Å². The molecule has 1 aliphatic rings. The van der Waals surface area contributed by atoms with Crippen LogP contribution in [0.15, 0.2) is 73.1 Å². The van der Waals surface area contributed by atoms with Gasteiger partial charge in [0.15, 0.2) is 5.75 Å². The fourth-order valence-electron chi connectivity index (χ4n) is 2.99. The number of nitrogens with one attached hydrogen (secondary N) is 1. The van der Waals surface area contributed by atoms with Crippen molar-refractivity contribution in [3.05, 3.63) is 84.4 Å². The second-order valence-corrected chi connectivity index (χ2v) is 6.28. The Morgan fingerprint density at radius 1 is 1.12 bits per heavy atom. The average Bonchev–Trinajstić information content (AvgIpc) is 3.45. The number of hydrogen-bond acceptors (Lipinski definition) is 3. The van der Waals surface area contributed by atoms with E-state index < -0.39 is 0 Å². The maximum Gasteiger partial charge on any atom is 0.228 e. The fourth-order valence-corrected chi connectivity index (χ4v) is 2.99. The molecule has 1 N–H and O–H groups in total. The Kier molecular flexibility index (Phi) is 4.35. The highest BCUT2D eigenvalue weighted by Crippen LogP contribution is 2.48. The van der Waals surface area contributed by atoms with E-state index in [4.69, 9.17) is 4.74 Å². The lowest BCUT2D eigenvalue weighted by atomic mass is 10.1. The molecule has 0 radical (unpaired) electrons. The van der Waals surface area contributed by atoms with Crippen LogP contribution in [0.5, 0.6) is 11.5 Å². The molecule has 0 aliphatic heterocycles. The lowest BCUT2D eigenvalue weighted by Gasteiger charge is -2.12. The Morgan fingerprint density at radius 3 is 2.81 bits per heavy atom. The first-order valence-electron chi connectivity index (χ1n) is 8.44. The van der Waals surface area contributed by atoms with Crippen molar-refractivity contribution in [2.24, 2.45) is 5.92 Å². The summed E-state index contributed by atoms with van der Waals surface area (Å²) in [5.41, 5.74) is 1.65. The second kappa shape index (κ2) is 6.96. The first kappa shape index (κ1) is 16.3. The second-order valence-electron chi connectivity index (χ2n) is 6.28. The van der Waals surface area contributed by atoms with Crippen molar-refractivity contribution in [2.45, 2.75) is 12.3 Å². The summed E-state index contributed by atoms with van der Waals surface area (Å²) in [6, 6.07) is 16.9. The Labute approximate surface area is 150 Å². The van der Waals surface area contributed by atoms with Crippen LogP contribution in [-0.4, -0.2) is 10.9 Å². The number of amides is 1. The molecule has 0 saturated heterocycles. The zero-order valence-electron chi connectivity index (χ0n) is 13.9. The number of nitrogens with zero attached hydrogens (tertiary/aromatic N) is 1. The van der Waals surface area contributed by atoms with E-state index in [9.17, 15) is 9.18 Å². The summed E-state index contributed by atoms with van der Waals surface area (Å²) in [5, 5.41) is 2.93. The molecule has 0 bridgehead atoms. The van der Waals surface area contributed by atoms with Gasteiger partial charge in [0, 0.05) is 24.4 Å². The molecule has 4 rings (SSSR count). The number of anilines is 1. The van der Waals surface area contributed by atoms with Crippen LogP contribution in [0, 0.1) is 11.7 Å². The van der Waals surface area contributed by atoms with Crippen LogP contribution in [0.3, 0.4) is 0 Å². The van der Waals surface area contributed by atoms with E-state index in [1.165, 1.54) is 12.1 Å². The molecule has 1 saturated carbocycles. The molecule has 1 fully saturated rings. The summed E-state index contributed by atoms with van der Waals surface area (Å²) in [6.07, 6.45) is 4.34. The van der Waals surface area contributed by atoms with Crippen molar-refractivity contribution in [1.29, 1.82) is 0 Å².